The van der Waals surface area contributed by atoms with Crippen molar-refractivity contribution in [2.24, 2.45) is 0 Å². The van der Waals surface area contributed by atoms with Crippen molar-refractivity contribution in [3.05, 3.63) is 71.3 Å². The molecule has 0 radical (unpaired) electrons. The second kappa shape index (κ2) is 7.23. The lowest BCUT2D eigenvalue weighted by atomic mass is 9.98. The van der Waals surface area contributed by atoms with Crippen LogP contribution in [0.5, 0.6) is 0 Å². The minimum Gasteiger partial charge on any atom is -0.445 e. The Morgan fingerprint density at radius 1 is 1.24 bits per heavy atom. The van der Waals surface area contributed by atoms with Crippen molar-refractivity contribution < 1.29 is 4.42 Å². The summed E-state index contributed by atoms with van der Waals surface area (Å²) >= 11 is 6.05. The fourth-order valence-electron chi connectivity index (χ4n) is 3.30. The second-order valence-corrected chi connectivity index (χ2v) is 6.76. The van der Waals surface area contributed by atoms with Crippen LogP contribution < -0.4 is 4.90 Å². The average molecular weight is 355 g/mol. The molecule has 4 rings (SSSR count). The van der Waals surface area contributed by atoms with E-state index in [9.17, 15) is 0 Å². The molecule has 5 nitrogen and oxygen atoms in total. The molecule has 1 fully saturated rings. The Morgan fingerprint density at radius 3 is 3.04 bits per heavy atom. The Kier molecular flexibility index (Phi) is 4.65. The van der Waals surface area contributed by atoms with E-state index in [1.165, 1.54) is 0 Å². The molecule has 0 unspecified atom stereocenters. The van der Waals surface area contributed by atoms with Gasteiger partial charge in [0.15, 0.2) is 5.89 Å². The highest BCUT2D eigenvalue weighted by Crippen LogP contribution is 2.29. The molecule has 0 amide bonds. The van der Waals surface area contributed by atoms with Gasteiger partial charge in [-0.1, -0.05) is 23.7 Å². The van der Waals surface area contributed by atoms with Crippen LogP contribution in [0.25, 0.3) is 0 Å². The van der Waals surface area contributed by atoms with Crippen LogP contribution in [-0.2, 0) is 6.42 Å². The first-order chi connectivity index (χ1) is 12.3. The van der Waals surface area contributed by atoms with E-state index < -0.39 is 0 Å². The number of anilines is 1. The number of halogens is 1. The maximum absolute atomic E-state index is 6.05. The molecule has 3 heterocycles. The van der Waals surface area contributed by atoms with Gasteiger partial charge in [-0.15, -0.1) is 0 Å². The van der Waals surface area contributed by atoms with E-state index >= 15 is 0 Å². The first kappa shape index (κ1) is 16.1. The molecule has 0 N–H and O–H groups in total. The van der Waals surface area contributed by atoms with Crippen molar-refractivity contribution >= 4 is 17.4 Å². The van der Waals surface area contributed by atoms with E-state index in [2.05, 4.69) is 19.9 Å². The third-order valence-electron chi connectivity index (χ3n) is 4.50. The predicted molar refractivity (Wildman–Crippen MR) is 97.0 cm³/mol. The molecule has 1 saturated heterocycles. The third kappa shape index (κ3) is 3.82. The lowest BCUT2D eigenvalue weighted by molar-refractivity contribution is 0.384. The minimum atomic E-state index is 0.289. The Balaban J connectivity index is 1.46. The van der Waals surface area contributed by atoms with Gasteiger partial charge in [0, 0.05) is 30.7 Å². The van der Waals surface area contributed by atoms with Gasteiger partial charge in [0.2, 0.25) is 0 Å². The van der Waals surface area contributed by atoms with Crippen molar-refractivity contribution in [1.29, 1.82) is 0 Å². The number of benzene rings is 1. The highest BCUT2D eigenvalue weighted by Gasteiger charge is 2.25. The van der Waals surface area contributed by atoms with Crippen molar-refractivity contribution in [2.45, 2.75) is 25.2 Å². The summed E-state index contributed by atoms with van der Waals surface area (Å²) in [5.74, 6) is 2.94. The largest absolute Gasteiger partial charge is 0.445 e. The molecular formula is C19H19ClN4O. The number of hydrogen-bond acceptors (Lipinski definition) is 5. The van der Waals surface area contributed by atoms with Crippen molar-refractivity contribution in [1.82, 2.24) is 15.0 Å². The lowest BCUT2D eigenvalue weighted by Crippen LogP contribution is -2.35. The monoisotopic (exact) mass is 354 g/mol. The summed E-state index contributed by atoms with van der Waals surface area (Å²) in [5.41, 5.74) is 1.13. The predicted octanol–water partition coefficient (Wildman–Crippen LogP) is 4.09. The van der Waals surface area contributed by atoms with Gasteiger partial charge in [-0.25, -0.2) is 15.0 Å². The first-order valence-electron chi connectivity index (χ1n) is 8.48. The Bertz CT molecular complexity index is 836. The summed E-state index contributed by atoms with van der Waals surface area (Å²) in [6.45, 7) is 1.87. The maximum atomic E-state index is 6.05. The number of rotatable bonds is 4. The molecule has 1 atom stereocenters. The van der Waals surface area contributed by atoms with Gasteiger partial charge >= 0.3 is 0 Å². The van der Waals surface area contributed by atoms with E-state index in [1.807, 2.05) is 36.5 Å². The van der Waals surface area contributed by atoms with Gasteiger partial charge in [0.05, 0.1) is 12.1 Å². The maximum Gasteiger partial charge on any atom is 0.199 e. The topological polar surface area (TPSA) is 55.1 Å². The quantitative estimate of drug-likeness (QED) is 0.706. The summed E-state index contributed by atoms with van der Waals surface area (Å²) in [5, 5.41) is 0.741. The summed E-state index contributed by atoms with van der Waals surface area (Å²) in [6.07, 6.45) is 8.09. The van der Waals surface area contributed by atoms with Gasteiger partial charge in [-0.2, -0.15) is 0 Å². The molecule has 6 heteroatoms. The van der Waals surface area contributed by atoms with Gasteiger partial charge in [0.25, 0.3) is 0 Å². The summed E-state index contributed by atoms with van der Waals surface area (Å²) < 4.78 is 6.04. The molecule has 1 aromatic carbocycles. The molecule has 1 aliphatic heterocycles. The van der Waals surface area contributed by atoms with Crippen molar-refractivity contribution in [3.63, 3.8) is 0 Å². The van der Waals surface area contributed by atoms with E-state index in [0.717, 1.165) is 54.0 Å². The first-order valence-corrected chi connectivity index (χ1v) is 8.86. The Morgan fingerprint density at radius 2 is 2.20 bits per heavy atom. The second-order valence-electron chi connectivity index (χ2n) is 6.32. The number of hydrogen-bond donors (Lipinski definition) is 0. The van der Waals surface area contributed by atoms with E-state index in [-0.39, 0.29) is 5.92 Å². The number of aromatic nitrogens is 3. The Hall–Kier alpha value is -2.40. The van der Waals surface area contributed by atoms with Gasteiger partial charge in [-0.05, 0) is 36.6 Å². The lowest BCUT2D eigenvalue weighted by Gasteiger charge is -2.31. The van der Waals surface area contributed by atoms with Crippen LogP contribution in [0, 0.1) is 0 Å². The van der Waals surface area contributed by atoms with Crippen LogP contribution >= 0.6 is 11.6 Å². The molecule has 0 aliphatic carbocycles. The van der Waals surface area contributed by atoms with Crippen LogP contribution in [-0.4, -0.2) is 28.0 Å². The van der Waals surface area contributed by atoms with E-state index in [0.29, 0.717) is 6.42 Å². The third-order valence-corrected chi connectivity index (χ3v) is 4.73. The number of nitrogens with zero attached hydrogens (tertiary/aromatic N) is 4. The smallest absolute Gasteiger partial charge is 0.199 e. The summed E-state index contributed by atoms with van der Waals surface area (Å²) in [4.78, 5) is 15.1. The highest BCUT2D eigenvalue weighted by molar-refractivity contribution is 6.30. The zero-order chi connectivity index (χ0) is 17.1. The van der Waals surface area contributed by atoms with Crippen molar-refractivity contribution in [2.75, 3.05) is 18.0 Å². The fourth-order valence-corrected chi connectivity index (χ4v) is 3.51. The zero-order valence-electron chi connectivity index (χ0n) is 13.8. The number of oxazole rings is 1. The number of piperidine rings is 1. The standard InChI is InChI=1S/C19H19ClN4O/c20-16-5-1-3-14(9-16)10-17-11-22-19(25-17)15-4-2-8-24(12-15)18-6-7-21-13-23-18/h1,3,5-7,9,11,13,15H,2,4,8,10,12H2/t15-/m0/s1. The van der Waals surface area contributed by atoms with Crippen LogP contribution in [0.15, 0.2) is 53.5 Å². The Labute approximate surface area is 151 Å². The highest BCUT2D eigenvalue weighted by atomic mass is 35.5. The van der Waals surface area contributed by atoms with Gasteiger partial charge in [-0.3, -0.25) is 0 Å². The molecule has 3 aromatic rings. The van der Waals surface area contributed by atoms with Crippen LogP contribution in [0.3, 0.4) is 0 Å². The summed E-state index contributed by atoms with van der Waals surface area (Å²) in [6, 6.07) is 9.78. The van der Waals surface area contributed by atoms with E-state index in [4.69, 9.17) is 16.0 Å². The van der Waals surface area contributed by atoms with Crippen LogP contribution in [0.4, 0.5) is 5.82 Å². The molecular weight excluding hydrogens is 336 g/mol. The molecule has 2 aromatic heterocycles. The minimum absolute atomic E-state index is 0.289. The zero-order valence-corrected chi connectivity index (χ0v) is 14.6. The van der Waals surface area contributed by atoms with Gasteiger partial charge < -0.3 is 9.32 Å². The molecule has 128 valence electrons. The average Bonchev–Trinajstić information content (AvgIpc) is 3.11. The SMILES string of the molecule is Clc1cccc(Cc2cnc([C@H]3CCCN(c4ccncn4)C3)o2)c1. The van der Waals surface area contributed by atoms with Gasteiger partial charge in [0.1, 0.15) is 17.9 Å². The molecule has 0 bridgehead atoms. The normalized spacial score (nSPS) is 17.6. The molecule has 0 spiro atoms. The molecule has 0 saturated carbocycles. The fraction of sp³-hybridized carbons (Fsp3) is 0.316. The van der Waals surface area contributed by atoms with Crippen LogP contribution in [0.1, 0.15) is 36.0 Å². The van der Waals surface area contributed by atoms with E-state index in [1.54, 1.807) is 12.5 Å². The summed E-state index contributed by atoms with van der Waals surface area (Å²) in [7, 11) is 0. The van der Waals surface area contributed by atoms with Crippen LogP contribution in [0.2, 0.25) is 5.02 Å². The van der Waals surface area contributed by atoms with Crippen molar-refractivity contribution in [3.8, 4) is 0 Å². The molecule has 1 aliphatic rings. The molecule has 25 heavy (non-hydrogen) atoms.